The lowest BCUT2D eigenvalue weighted by Crippen LogP contribution is -1.95. The number of hydrogen-bond donors (Lipinski definition) is 2. The minimum Gasteiger partial charge on any atom is -0.326 e. The van der Waals surface area contributed by atoms with Gasteiger partial charge in [-0.1, -0.05) is 24.3 Å². The molecule has 0 atom stereocenters. The summed E-state index contributed by atoms with van der Waals surface area (Å²) < 4.78 is 0. The van der Waals surface area contributed by atoms with Crippen LogP contribution in [0.1, 0.15) is 11.3 Å². The molecule has 0 amide bonds. The zero-order valence-corrected chi connectivity index (χ0v) is 7.94. The summed E-state index contributed by atoms with van der Waals surface area (Å²) in [5.74, 6) is 0. The molecule has 15 heavy (non-hydrogen) atoms. The van der Waals surface area contributed by atoms with Crippen LogP contribution in [0.3, 0.4) is 0 Å². The van der Waals surface area contributed by atoms with Crippen molar-refractivity contribution >= 4 is 0 Å². The average molecular weight is 199 g/mol. The number of aromatic amines is 1. The fourth-order valence-corrected chi connectivity index (χ4v) is 1.31. The molecule has 1 aromatic carbocycles. The number of benzene rings is 1. The van der Waals surface area contributed by atoms with Crippen molar-refractivity contribution in [1.82, 2.24) is 15.4 Å². The lowest BCUT2D eigenvalue weighted by molar-refractivity contribution is 0.937. The van der Waals surface area contributed by atoms with Gasteiger partial charge < -0.3 is 5.73 Å². The summed E-state index contributed by atoms with van der Waals surface area (Å²) in [6, 6.07) is 9.54. The zero-order valence-electron chi connectivity index (χ0n) is 7.94. The smallest absolute Gasteiger partial charge is 0.190 e. The summed E-state index contributed by atoms with van der Waals surface area (Å²) in [6.07, 6.45) is 0. The number of nitrogens with two attached hydrogens (primary N) is 1. The number of H-pyrrole nitrogens is 1. The summed E-state index contributed by atoms with van der Waals surface area (Å²) in [5, 5.41) is 18.9. The molecule has 0 radical (unpaired) electrons. The van der Waals surface area contributed by atoms with E-state index in [4.69, 9.17) is 11.0 Å². The molecule has 0 bridgehead atoms. The first-order valence-corrected chi connectivity index (χ1v) is 4.45. The van der Waals surface area contributed by atoms with Crippen molar-refractivity contribution in [3.8, 4) is 17.3 Å². The molecule has 3 N–H and O–H groups in total. The topological polar surface area (TPSA) is 91.4 Å². The van der Waals surface area contributed by atoms with Crippen molar-refractivity contribution in [1.29, 1.82) is 5.26 Å². The number of nitrogens with one attached hydrogen (secondary N) is 1. The Bertz CT molecular complexity index is 491. The molecular formula is C10H9N5. The van der Waals surface area contributed by atoms with Gasteiger partial charge in [0.05, 0.1) is 0 Å². The fraction of sp³-hybridized carbons (Fsp3) is 0.100. The van der Waals surface area contributed by atoms with Gasteiger partial charge in [0.1, 0.15) is 11.8 Å². The van der Waals surface area contributed by atoms with E-state index in [9.17, 15) is 0 Å². The van der Waals surface area contributed by atoms with E-state index in [1.807, 2.05) is 30.3 Å². The summed E-state index contributed by atoms with van der Waals surface area (Å²) in [4.78, 5) is 0. The molecule has 74 valence electrons. The second-order valence-electron chi connectivity index (χ2n) is 3.03. The number of nitriles is 1. The van der Waals surface area contributed by atoms with Gasteiger partial charge in [-0.3, -0.25) is 0 Å². The maximum atomic E-state index is 8.78. The molecule has 0 aliphatic rings. The van der Waals surface area contributed by atoms with E-state index in [0.29, 0.717) is 17.9 Å². The van der Waals surface area contributed by atoms with E-state index in [0.717, 1.165) is 11.1 Å². The Morgan fingerprint density at radius 2 is 2.00 bits per heavy atom. The first-order valence-electron chi connectivity index (χ1n) is 4.45. The highest BCUT2D eigenvalue weighted by Gasteiger charge is 2.08. The Morgan fingerprint density at radius 3 is 2.60 bits per heavy atom. The fourth-order valence-electron chi connectivity index (χ4n) is 1.31. The quantitative estimate of drug-likeness (QED) is 0.748. The average Bonchev–Trinajstić information content (AvgIpc) is 2.77. The minimum atomic E-state index is 0.301. The van der Waals surface area contributed by atoms with Gasteiger partial charge in [-0.2, -0.15) is 15.6 Å². The molecule has 5 nitrogen and oxygen atoms in total. The predicted octanol–water partition coefficient (Wildman–Crippen LogP) is 0.802. The highest BCUT2D eigenvalue weighted by Crippen LogP contribution is 2.19. The summed E-state index contributed by atoms with van der Waals surface area (Å²) in [5.41, 5.74) is 8.26. The molecule has 0 saturated heterocycles. The molecule has 1 heterocycles. The van der Waals surface area contributed by atoms with Gasteiger partial charge in [-0.25, -0.2) is 0 Å². The van der Waals surface area contributed by atoms with Gasteiger partial charge in [0, 0.05) is 12.1 Å². The van der Waals surface area contributed by atoms with Gasteiger partial charge in [0.25, 0.3) is 0 Å². The van der Waals surface area contributed by atoms with Crippen molar-refractivity contribution in [3.63, 3.8) is 0 Å². The number of aromatic nitrogens is 3. The Labute approximate surface area is 86.5 Å². The number of rotatable bonds is 2. The predicted molar refractivity (Wildman–Crippen MR) is 54.4 cm³/mol. The number of hydrogen-bond acceptors (Lipinski definition) is 4. The molecule has 5 heteroatoms. The van der Waals surface area contributed by atoms with Crippen LogP contribution in [0, 0.1) is 11.3 Å². The van der Waals surface area contributed by atoms with E-state index < -0.39 is 0 Å². The second-order valence-corrected chi connectivity index (χ2v) is 3.03. The third kappa shape index (κ3) is 1.71. The molecule has 0 aliphatic carbocycles. The summed E-state index contributed by atoms with van der Waals surface area (Å²) >= 11 is 0. The number of nitrogens with zero attached hydrogens (tertiary/aromatic N) is 3. The summed E-state index contributed by atoms with van der Waals surface area (Å²) in [6.45, 7) is 0.504. The standard InChI is InChI=1S/C10H9N5/c11-5-7-1-3-8(4-2-7)10-9(6-12)13-15-14-10/h1-4H,5,11H2,(H,13,14,15). The molecule has 0 aliphatic heterocycles. The van der Waals surface area contributed by atoms with Crippen LogP contribution in [0.5, 0.6) is 0 Å². The van der Waals surface area contributed by atoms with Crippen LogP contribution < -0.4 is 5.73 Å². The normalized spacial score (nSPS) is 9.87. The largest absolute Gasteiger partial charge is 0.326 e. The van der Waals surface area contributed by atoms with Crippen molar-refractivity contribution in [2.75, 3.05) is 0 Å². The van der Waals surface area contributed by atoms with Crippen LogP contribution in [0.4, 0.5) is 0 Å². The lowest BCUT2D eigenvalue weighted by atomic mass is 10.1. The van der Waals surface area contributed by atoms with E-state index in [-0.39, 0.29) is 0 Å². The van der Waals surface area contributed by atoms with Crippen LogP contribution >= 0.6 is 0 Å². The Morgan fingerprint density at radius 1 is 1.27 bits per heavy atom. The molecule has 2 aromatic rings. The van der Waals surface area contributed by atoms with Crippen molar-refractivity contribution in [2.24, 2.45) is 5.73 Å². The SMILES string of the molecule is N#Cc1n[nH]nc1-c1ccc(CN)cc1. The van der Waals surface area contributed by atoms with Crippen LogP contribution in [0.2, 0.25) is 0 Å². The van der Waals surface area contributed by atoms with E-state index in [1.165, 1.54) is 0 Å². The van der Waals surface area contributed by atoms with E-state index in [2.05, 4.69) is 15.4 Å². The Kier molecular flexibility index (Phi) is 2.44. The third-order valence-corrected chi connectivity index (χ3v) is 2.12. The zero-order chi connectivity index (χ0) is 10.7. The minimum absolute atomic E-state index is 0.301. The molecule has 0 unspecified atom stereocenters. The van der Waals surface area contributed by atoms with Crippen LogP contribution in [-0.2, 0) is 6.54 Å². The molecule has 1 aromatic heterocycles. The molecular weight excluding hydrogens is 190 g/mol. The maximum absolute atomic E-state index is 8.78. The molecule has 0 spiro atoms. The van der Waals surface area contributed by atoms with Gasteiger partial charge in [-0.15, -0.1) is 5.10 Å². The maximum Gasteiger partial charge on any atom is 0.190 e. The van der Waals surface area contributed by atoms with Crippen LogP contribution in [0.25, 0.3) is 11.3 Å². The highest BCUT2D eigenvalue weighted by atomic mass is 15.3. The van der Waals surface area contributed by atoms with Crippen molar-refractivity contribution in [3.05, 3.63) is 35.5 Å². The first kappa shape index (κ1) is 9.37. The monoisotopic (exact) mass is 199 g/mol. The highest BCUT2D eigenvalue weighted by molar-refractivity contribution is 5.64. The van der Waals surface area contributed by atoms with Crippen molar-refractivity contribution < 1.29 is 0 Å². The van der Waals surface area contributed by atoms with Gasteiger partial charge in [0.15, 0.2) is 5.69 Å². The Balaban J connectivity index is 2.42. The summed E-state index contributed by atoms with van der Waals surface area (Å²) in [7, 11) is 0. The second kappa shape index (κ2) is 3.90. The van der Waals surface area contributed by atoms with E-state index in [1.54, 1.807) is 0 Å². The van der Waals surface area contributed by atoms with Crippen LogP contribution in [0.15, 0.2) is 24.3 Å². The molecule has 0 saturated carbocycles. The lowest BCUT2D eigenvalue weighted by Gasteiger charge is -1.98. The molecule has 0 fully saturated rings. The van der Waals surface area contributed by atoms with E-state index >= 15 is 0 Å². The van der Waals surface area contributed by atoms with Crippen molar-refractivity contribution in [2.45, 2.75) is 6.54 Å². The third-order valence-electron chi connectivity index (χ3n) is 2.12. The molecule has 2 rings (SSSR count). The Hall–Kier alpha value is -2.19. The van der Waals surface area contributed by atoms with Crippen LogP contribution in [-0.4, -0.2) is 15.4 Å². The van der Waals surface area contributed by atoms with Gasteiger partial charge >= 0.3 is 0 Å². The first-order chi connectivity index (χ1) is 7.35. The van der Waals surface area contributed by atoms with Gasteiger partial charge in [0.2, 0.25) is 0 Å². The van der Waals surface area contributed by atoms with Gasteiger partial charge in [-0.05, 0) is 5.56 Å².